The van der Waals surface area contributed by atoms with Crippen molar-refractivity contribution in [1.82, 2.24) is 19.7 Å². The maximum atomic E-state index is 12.2. The minimum atomic E-state index is -0.670. The molecule has 2 aromatic rings. The van der Waals surface area contributed by atoms with E-state index in [9.17, 15) is 9.59 Å². The van der Waals surface area contributed by atoms with Crippen LogP contribution in [0.4, 0.5) is 5.69 Å². The van der Waals surface area contributed by atoms with Gasteiger partial charge in [0.25, 0.3) is 0 Å². The molecule has 1 heterocycles. The summed E-state index contributed by atoms with van der Waals surface area (Å²) in [7, 11) is 1.60. The topological polar surface area (TPSA) is 80.1 Å². The number of likely N-dealkylation sites (N-methyl/N-ethyl adjacent to an activating group) is 1. The molecule has 0 aliphatic heterocycles. The van der Waals surface area contributed by atoms with Crippen LogP contribution in [0.5, 0.6) is 0 Å². The zero-order valence-electron chi connectivity index (χ0n) is 13.8. The van der Waals surface area contributed by atoms with Gasteiger partial charge in [0.2, 0.25) is 0 Å². The first kappa shape index (κ1) is 16.7. The summed E-state index contributed by atoms with van der Waals surface area (Å²) < 4.78 is 1.87. The predicted octanol–water partition coefficient (Wildman–Crippen LogP) is 1.77. The van der Waals surface area contributed by atoms with Crippen molar-refractivity contribution in [2.75, 3.05) is 12.4 Å². The lowest BCUT2D eigenvalue weighted by atomic mass is 10.1. The lowest BCUT2D eigenvalue weighted by Gasteiger charge is -2.21. The fraction of sp³-hybridized carbons (Fsp3) is 0.375. The molecule has 122 valence electrons. The van der Waals surface area contributed by atoms with Gasteiger partial charge in [-0.2, -0.15) is 0 Å². The second-order valence-electron chi connectivity index (χ2n) is 5.45. The fourth-order valence-corrected chi connectivity index (χ4v) is 2.05. The fourth-order valence-electron chi connectivity index (χ4n) is 2.05. The van der Waals surface area contributed by atoms with E-state index in [1.165, 1.54) is 4.90 Å². The zero-order valence-corrected chi connectivity index (χ0v) is 13.8. The van der Waals surface area contributed by atoms with E-state index in [0.29, 0.717) is 18.1 Å². The van der Waals surface area contributed by atoms with E-state index in [1.54, 1.807) is 25.5 Å². The number of aryl methyl sites for hydroxylation is 1. The summed E-state index contributed by atoms with van der Waals surface area (Å²) >= 11 is 0. The van der Waals surface area contributed by atoms with Crippen molar-refractivity contribution >= 4 is 17.5 Å². The molecule has 0 bridgehead atoms. The molecule has 23 heavy (non-hydrogen) atoms. The summed E-state index contributed by atoms with van der Waals surface area (Å²) in [5.74, 6) is -0.601. The van der Waals surface area contributed by atoms with E-state index in [1.807, 2.05) is 37.5 Å². The quantitative estimate of drug-likeness (QED) is 0.872. The Morgan fingerprint density at radius 2 is 2.00 bits per heavy atom. The van der Waals surface area contributed by atoms with Crippen LogP contribution >= 0.6 is 0 Å². The van der Waals surface area contributed by atoms with Gasteiger partial charge in [-0.1, -0.05) is 12.1 Å². The van der Waals surface area contributed by atoms with E-state index in [4.69, 9.17) is 0 Å². The highest BCUT2D eigenvalue weighted by Gasteiger charge is 2.22. The molecule has 0 atom stereocenters. The molecule has 2 amide bonds. The Bertz CT molecular complexity index is 708. The minimum absolute atomic E-state index is 0.0494. The molecule has 1 aromatic heterocycles. The number of nitrogens with zero attached hydrogens (tertiary/aromatic N) is 4. The van der Waals surface area contributed by atoms with Gasteiger partial charge in [0, 0.05) is 25.2 Å². The first-order valence-corrected chi connectivity index (χ1v) is 7.51. The number of amides is 2. The Morgan fingerprint density at radius 1 is 1.30 bits per heavy atom. The van der Waals surface area contributed by atoms with Crippen LogP contribution in [0.25, 0.3) is 11.4 Å². The smallest absolute Gasteiger partial charge is 0.313 e. The average molecular weight is 315 g/mol. The van der Waals surface area contributed by atoms with E-state index < -0.39 is 11.8 Å². The summed E-state index contributed by atoms with van der Waals surface area (Å²) in [6, 6.07) is 7.17. The van der Waals surface area contributed by atoms with Gasteiger partial charge < -0.3 is 14.8 Å². The lowest BCUT2D eigenvalue weighted by Crippen LogP contribution is -2.40. The summed E-state index contributed by atoms with van der Waals surface area (Å²) in [6.45, 7) is 6.39. The molecule has 7 heteroatoms. The third kappa shape index (κ3) is 3.56. The van der Waals surface area contributed by atoms with Gasteiger partial charge in [0.05, 0.1) is 5.69 Å². The molecule has 0 unspecified atom stereocenters. The summed E-state index contributed by atoms with van der Waals surface area (Å²) in [4.78, 5) is 25.7. The normalized spacial score (nSPS) is 10.7. The number of anilines is 1. The lowest BCUT2D eigenvalue weighted by molar-refractivity contribution is -0.143. The van der Waals surface area contributed by atoms with Crippen molar-refractivity contribution < 1.29 is 9.59 Å². The molecule has 7 nitrogen and oxygen atoms in total. The van der Waals surface area contributed by atoms with Crippen molar-refractivity contribution in [2.45, 2.75) is 33.4 Å². The molecule has 1 N–H and O–H groups in total. The van der Waals surface area contributed by atoms with Crippen LogP contribution in [0, 0.1) is 0 Å². The number of nitrogens with one attached hydrogen (secondary N) is 1. The Balaban J connectivity index is 2.28. The maximum absolute atomic E-state index is 12.2. The number of carbonyl (C=O) groups excluding carboxylic acids is 2. The monoisotopic (exact) mass is 315 g/mol. The second kappa shape index (κ2) is 7.04. The number of rotatable bonds is 4. The number of carbonyl (C=O) groups is 2. The Labute approximate surface area is 135 Å². The largest absolute Gasteiger partial charge is 0.335 e. The molecule has 0 aliphatic carbocycles. The Morgan fingerprint density at radius 3 is 2.65 bits per heavy atom. The maximum Gasteiger partial charge on any atom is 0.313 e. The summed E-state index contributed by atoms with van der Waals surface area (Å²) in [5, 5.41) is 10.7. The van der Waals surface area contributed by atoms with Crippen LogP contribution in [0.3, 0.4) is 0 Å². The van der Waals surface area contributed by atoms with Gasteiger partial charge in [-0.3, -0.25) is 9.59 Å². The van der Waals surface area contributed by atoms with Crippen molar-refractivity contribution in [1.29, 1.82) is 0 Å². The van der Waals surface area contributed by atoms with Crippen LogP contribution in [-0.4, -0.2) is 44.6 Å². The molecule has 0 spiro atoms. The van der Waals surface area contributed by atoms with Crippen LogP contribution in [-0.2, 0) is 16.1 Å². The first-order chi connectivity index (χ1) is 11.0. The number of aromatic nitrogens is 3. The van der Waals surface area contributed by atoms with Crippen LogP contribution in [0.2, 0.25) is 0 Å². The number of hydrogen-bond acceptors (Lipinski definition) is 4. The van der Waals surface area contributed by atoms with Crippen LogP contribution < -0.4 is 5.32 Å². The van der Waals surface area contributed by atoms with E-state index in [-0.39, 0.29) is 6.04 Å². The molecule has 1 aromatic carbocycles. The molecule has 0 aliphatic rings. The van der Waals surface area contributed by atoms with Gasteiger partial charge in [-0.25, -0.2) is 0 Å². The SMILES string of the molecule is CCn1cnnc1-c1ccccc1NC(=O)C(=O)N(C)C(C)C. The van der Waals surface area contributed by atoms with Gasteiger partial charge >= 0.3 is 11.8 Å². The van der Waals surface area contributed by atoms with Crippen LogP contribution in [0.15, 0.2) is 30.6 Å². The molecule has 0 saturated carbocycles. The summed E-state index contributed by atoms with van der Waals surface area (Å²) in [6.07, 6.45) is 1.63. The van der Waals surface area contributed by atoms with Crippen molar-refractivity contribution in [3.8, 4) is 11.4 Å². The Kier molecular flexibility index (Phi) is 5.10. The molecule has 0 fully saturated rings. The highest BCUT2D eigenvalue weighted by molar-refractivity contribution is 6.39. The van der Waals surface area contributed by atoms with Crippen molar-refractivity contribution in [3.63, 3.8) is 0 Å². The van der Waals surface area contributed by atoms with Gasteiger partial charge in [0.15, 0.2) is 5.82 Å². The average Bonchev–Trinajstić information content (AvgIpc) is 3.02. The molecule has 2 rings (SSSR count). The molecular weight excluding hydrogens is 294 g/mol. The predicted molar refractivity (Wildman–Crippen MR) is 87.7 cm³/mol. The van der Waals surface area contributed by atoms with Gasteiger partial charge in [-0.15, -0.1) is 10.2 Å². The number of benzene rings is 1. The molecule has 0 radical (unpaired) electrons. The van der Waals surface area contributed by atoms with E-state index in [0.717, 1.165) is 5.56 Å². The van der Waals surface area contributed by atoms with Crippen molar-refractivity contribution in [3.05, 3.63) is 30.6 Å². The third-order valence-electron chi connectivity index (χ3n) is 3.66. The van der Waals surface area contributed by atoms with Crippen molar-refractivity contribution in [2.24, 2.45) is 0 Å². The highest BCUT2D eigenvalue weighted by atomic mass is 16.2. The van der Waals surface area contributed by atoms with Crippen LogP contribution in [0.1, 0.15) is 20.8 Å². The second-order valence-corrected chi connectivity index (χ2v) is 5.45. The molecular formula is C16H21N5O2. The number of para-hydroxylation sites is 1. The summed E-state index contributed by atoms with van der Waals surface area (Å²) in [5.41, 5.74) is 1.26. The standard InChI is InChI=1S/C16H21N5O2/c1-5-21-10-17-19-14(21)12-8-6-7-9-13(12)18-15(22)16(23)20(4)11(2)3/h6-11H,5H2,1-4H3,(H,18,22). The highest BCUT2D eigenvalue weighted by Crippen LogP contribution is 2.26. The van der Waals surface area contributed by atoms with Gasteiger partial charge in [-0.05, 0) is 32.9 Å². The molecule has 0 saturated heterocycles. The third-order valence-corrected chi connectivity index (χ3v) is 3.66. The first-order valence-electron chi connectivity index (χ1n) is 7.51. The zero-order chi connectivity index (χ0) is 17.0. The number of hydrogen-bond donors (Lipinski definition) is 1. The van der Waals surface area contributed by atoms with E-state index >= 15 is 0 Å². The minimum Gasteiger partial charge on any atom is -0.335 e. The Hall–Kier alpha value is -2.70. The van der Waals surface area contributed by atoms with Gasteiger partial charge in [0.1, 0.15) is 6.33 Å². The van der Waals surface area contributed by atoms with E-state index in [2.05, 4.69) is 15.5 Å².